The van der Waals surface area contributed by atoms with E-state index in [2.05, 4.69) is 10.1 Å². The van der Waals surface area contributed by atoms with Gasteiger partial charge in [0, 0.05) is 11.3 Å². The zero-order chi connectivity index (χ0) is 13.5. The molecule has 2 N–H and O–H groups in total. The van der Waals surface area contributed by atoms with E-state index in [4.69, 9.17) is 10.3 Å². The second kappa shape index (κ2) is 7.25. The van der Waals surface area contributed by atoms with E-state index in [1.165, 1.54) is 12.1 Å². The van der Waals surface area contributed by atoms with Crippen LogP contribution in [-0.2, 0) is 12.2 Å². The van der Waals surface area contributed by atoms with Gasteiger partial charge in [0.2, 0.25) is 5.89 Å². The summed E-state index contributed by atoms with van der Waals surface area (Å²) in [6.07, 6.45) is 2.69. The quantitative estimate of drug-likeness (QED) is 0.624. The molecule has 1 aromatic heterocycles. The number of hydrogen-bond donors (Lipinski definition) is 1. The third-order valence-corrected chi connectivity index (χ3v) is 3.54. The molecule has 102 valence electrons. The Labute approximate surface area is 115 Å². The van der Waals surface area contributed by atoms with Crippen LogP contribution in [-0.4, -0.2) is 16.7 Å². The Morgan fingerprint density at radius 3 is 2.74 bits per heavy atom. The highest BCUT2D eigenvalue weighted by Crippen LogP contribution is 2.21. The predicted octanol–water partition coefficient (Wildman–Crippen LogP) is 2.78. The summed E-state index contributed by atoms with van der Waals surface area (Å²) in [6, 6.07) is 6.36. The third-order valence-electron chi connectivity index (χ3n) is 2.54. The Balaban J connectivity index is 1.81. The molecule has 0 aliphatic carbocycles. The first-order valence-corrected chi connectivity index (χ1v) is 7.16. The summed E-state index contributed by atoms with van der Waals surface area (Å²) >= 11 is 1.55. The monoisotopic (exact) mass is 281 g/mol. The van der Waals surface area contributed by atoms with Gasteiger partial charge in [-0.15, -0.1) is 11.8 Å². The van der Waals surface area contributed by atoms with Crippen molar-refractivity contribution in [3.63, 3.8) is 0 Å². The fourth-order valence-corrected chi connectivity index (χ4v) is 2.29. The van der Waals surface area contributed by atoms with Gasteiger partial charge in [-0.05, 0) is 43.7 Å². The molecule has 0 bridgehead atoms. The predicted molar refractivity (Wildman–Crippen MR) is 72.3 cm³/mol. The molecular formula is C13H16FN3OS. The van der Waals surface area contributed by atoms with E-state index < -0.39 is 0 Å². The maximum Gasteiger partial charge on any atom is 0.226 e. The molecule has 0 saturated heterocycles. The molecule has 1 heterocycles. The fourth-order valence-electron chi connectivity index (χ4n) is 1.55. The molecule has 2 aromatic rings. The first kappa shape index (κ1) is 14.0. The molecule has 0 atom stereocenters. The molecule has 0 spiro atoms. The van der Waals surface area contributed by atoms with Crippen LogP contribution in [0.25, 0.3) is 0 Å². The van der Waals surface area contributed by atoms with E-state index in [9.17, 15) is 4.39 Å². The number of hydrogen-bond acceptors (Lipinski definition) is 5. The number of halogens is 1. The Morgan fingerprint density at radius 1 is 1.21 bits per heavy atom. The van der Waals surface area contributed by atoms with Crippen molar-refractivity contribution in [1.82, 2.24) is 10.1 Å². The molecule has 19 heavy (non-hydrogen) atoms. The van der Waals surface area contributed by atoms with E-state index in [0.717, 1.165) is 24.2 Å². The minimum absolute atomic E-state index is 0.230. The Bertz CT molecular complexity index is 501. The number of thioether (sulfide) groups is 1. The van der Waals surface area contributed by atoms with Crippen LogP contribution in [0.15, 0.2) is 33.7 Å². The molecule has 6 heteroatoms. The number of nitrogens with two attached hydrogens (primary N) is 1. The highest BCUT2D eigenvalue weighted by molar-refractivity contribution is 7.98. The number of aryl methyl sites for hydroxylation is 1. The van der Waals surface area contributed by atoms with Gasteiger partial charge in [-0.2, -0.15) is 4.98 Å². The maximum absolute atomic E-state index is 12.7. The van der Waals surface area contributed by atoms with Gasteiger partial charge >= 0.3 is 0 Å². The van der Waals surface area contributed by atoms with Crippen molar-refractivity contribution in [3.05, 3.63) is 41.8 Å². The number of benzene rings is 1. The molecule has 0 unspecified atom stereocenters. The lowest BCUT2D eigenvalue weighted by Gasteiger charge is -1.97. The van der Waals surface area contributed by atoms with Gasteiger partial charge in [0.1, 0.15) is 5.82 Å². The van der Waals surface area contributed by atoms with E-state index >= 15 is 0 Å². The summed E-state index contributed by atoms with van der Waals surface area (Å²) in [5.41, 5.74) is 5.42. The van der Waals surface area contributed by atoms with Crippen molar-refractivity contribution in [1.29, 1.82) is 0 Å². The van der Waals surface area contributed by atoms with Crippen molar-refractivity contribution in [3.8, 4) is 0 Å². The third kappa shape index (κ3) is 4.65. The molecule has 0 saturated carbocycles. The molecular weight excluding hydrogens is 265 g/mol. The topological polar surface area (TPSA) is 64.9 Å². The van der Waals surface area contributed by atoms with Crippen molar-refractivity contribution in [2.24, 2.45) is 5.73 Å². The van der Waals surface area contributed by atoms with Crippen molar-refractivity contribution < 1.29 is 8.91 Å². The standard InChI is InChI=1S/C13H16FN3OS/c14-10-4-6-11(7-5-10)19-9-12-16-13(18-17-12)3-1-2-8-15/h4-7H,1-3,8-9,15H2. The Kier molecular flexibility index (Phi) is 5.35. The van der Waals surface area contributed by atoms with Crippen molar-refractivity contribution in [2.45, 2.75) is 29.9 Å². The maximum atomic E-state index is 12.7. The minimum Gasteiger partial charge on any atom is -0.339 e. The zero-order valence-electron chi connectivity index (χ0n) is 10.5. The second-order valence-corrected chi connectivity index (χ2v) is 5.14. The first-order chi connectivity index (χ1) is 9.28. The van der Waals surface area contributed by atoms with E-state index in [1.807, 2.05) is 0 Å². The molecule has 0 fully saturated rings. The zero-order valence-corrected chi connectivity index (χ0v) is 11.3. The lowest BCUT2D eigenvalue weighted by molar-refractivity contribution is 0.371. The molecule has 0 aliphatic rings. The average Bonchev–Trinajstić information content (AvgIpc) is 2.86. The van der Waals surface area contributed by atoms with Gasteiger partial charge in [0.05, 0.1) is 5.75 Å². The first-order valence-electron chi connectivity index (χ1n) is 6.18. The van der Waals surface area contributed by atoms with Gasteiger partial charge in [-0.1, -0.05) is 5.16 Å². The SMILES string of the molecule is NCCCCc1nc(CSc2ccc(F)cc2)no1. The lowest BCUT2D eigenvalue weighted by atomic mass is 10.2. The number of aromatic nitrogens is 2. The Hall–Kier alpha value is -1.40. The van der Waals surface area contributed by atoms with Crippen LogP contribution >= 0.6 is 11.8 Å². The van der Waals surface area contributed by atoms with Gasteiger partial charge in [-0.25, -0.2) is 4.39 Å². The van der Waals surface area contributed by atoms with Crippen LogP contribution in [0, 0.1) is 5.82 Å². The van der Waals surface area contributed by atoms with Crippen molar-refractivity contribution >= 4 is 11.8 Å². The van der Waals surface area contributed by atoms with Gasteiger partial charge in [0.15, 0.2) is 5.82 Å². The van der Waals surface area contributed by atoms with E-state index in [1.54, 1.807) is 23.9 Å². The van der Waals surface area contributed by atoms with Crippen LogP contribution < -0.4 is 5.73 Å². The molecule has 1 aromatic carbocycles. The van der Waals surface area contributed by atoms with Crippen LogP contribution in [0.1, 0.15) is 24.6 Å². The molecule has 0 radical (unpaired) electrons. The van der Waals surface area contributed by atoms with Crippen molar-refractivity contribution in [2.75, 3.05) is 6.54 Å². The smallest absolute Gasteiger partial charge is 0.226 e. The Morgan fingerprint density at radius 2 is 2.00 bits per heavy atom. The number of unbranched alkanes of at least 4 members (excludes halogenated alkanes) is 1. The summed E-state index contributed by atoms with van der Waals surface area (Å²) < 4.78 is 17.9. The molecule has 0 amide bonds. The normalized spacial score (nSPS) is 10.8. The molecule has 2 rings (SSSR count). The fraction of sp³-hybridized carbons (Fsp3) is 0.385. The van der Waals surface area contributed by atoms with Crippen LogP contribution in [0.4, 0.5) is 4.39 Å². The highest BCUT2D eigenvalue weighted by atomic mass is 32.2. The summed E-state index contributed by atoms with van der Waals surface area (Å²) in [6.45, 7) is 0.682. The second-order valence-electron chi connectivity index (χ2n) is 4.09. The summed E-state index contributed by atoms with van der Waals surface area (Å²) in [4.78, 5) is 5.28. The van der Waals surface area contributed by atoms with Crippen LogP contribution in [0.2, 0.25) is 0 Å². The van der Waals surface area contributed by atoms with Crippen LogP contribution in [0.5, 0.6) is 0 Å². The van der Waals surface area contributed by atoms with Gasteiger partial charge in [-0.3, -0.25) is 0 Å². The van der Waals surface area contributed by atoms with Crippen LogP contribution in [0.3, 0.4) is 0 Å². The number of rotatable bonds is 7. The summed E-state index contributed by atoms with van der Waals surface area (Å²) in [7, 11) is 0. The van der Waals surface area contributed by atoms with E-state index in [-0.39, 0.29) is 5.82 Å². The highest BCUT2D eigenvalue weighted by Gasteiger charge is 2.06. The molecule has 0 aliphatic heterocycles. The van der Waals surface area contributed by atoms with Gasteiger partial charge < -0.3 is 10.3 Å². The van der Waals surface area contributed by atoms with Gasteiger partial charge in [0.25, 0.3) is 0 Å². The molecule has 4 nitrogen and oxygen atoms in total. The average molecular weight is 281 g/mol. The minimum atomic E-state index is -0.230. The van der Waals surface area contributed by atoms with E-state index in [0.29, 0.717) is 24.0 Å². The summed E-state index contributed by atoms with van der Waals surface area (Å²) in [5, 5.41) is 3.92. The largest absolute Gasteiger partial charge is 0.339 e. The lowest BCUT2D eigenvalue weighted by Crippen LogP contribution is -1.99. The summed E-state index contributed by atoms with van der Waals surface area (Å²) in [5.74, 6) is 1.71. The number of nitrogens with zero attached hydrogens (tertiary/aromatic N) is 2.